The first-order valence-electron chi connectivity index (χ1n) is 4.40. The van der Waals surface area contributed by atoms with Gasteiger partial charge in [0.05, 0.1) is 12.5 Å². The molecule has 0 fully saturated rings. The van der Waals surface area contributed by atoms with Crippen LogP contribution in [-0.4, -0.2) is 41.0 Å². The maximum atomic E-state index is 11.5. The molecule has 0 bridgehead atoms. The number of hydrogen-bond donors (Lipinski definition) is 2. The van der Waals surface area contributed by atoms with Crippen LogP contribution in [0.1, 0.15) is 13.3 Å². The Balaban J connectivity index is 4.25. The predicted octanol–water partition coefficient (Wildman–Crippen LogP) is -0.177. The standard InChI is InChI=1S/C9H16N2O3/c1-3-5-11(4-2)9(14)7(10)6-8(12)13/h3,7H,1,4-6,10H2,2H3,(H,12,13). The van der Waals surface area contributed by atoms with Crippen molar-refractivity contribution in [2.75, 3.05) is 13.1 Å². The Hall–Kier alpha value is -1.36. The van der Waals surface area contributed by atoms with E-state index in [9.17, 15) is 9.59 Å². The molecule has 0 radical (unpaired) electrons. The van der Waals surface area contributed by atoms with E-state index in [4.69, 9.17) is 10.8 Å². The summed E-state index contributed by atoms with van der Waals surface area (Å²) in [5.41, 5.74) is 5.42. The molecule has 1 unspecified atom stereocenters. The van der Waals surface area contributed by atoms with Crippen molar-refractivity contribution in [1.82, 2.24) is 4.90 Å². The minimum atomic E-state index is -1.07. The van der Waals surface area contributed by atoms with E-state index in [1.54, 1.807) is 13.0 Å². The van der Waals surface area contributed by atoms with Crippen LogP contribution in [0.25, 0.3) is 0 Å². The largest absolute Gasteiger partial charge is 0.481 e. The maximum absolute atomic E-state index is 11.5. The average molecular weight is 200 g/mol. The first-order chi connectivity index (χ1) is 6.52. The van der Waals surface area contributed by atoms with Crippen LogP contribution in [-0.2, 0) is 9.59 Å². The molecule has 5 nitrogen and oxygen atoms in total. The number of carbonyl (C=O) groups excluding carboxylic acids is 1. The Morgan fingerprint density at radius 3 is 2.57 bits per heavy atom. The highest BCUT2D eigenvalue weighted by Gasteiger charge is 2.21. The monoisotopic (exact) mass is 200 g/mol. The molecule has 0 heterocycles. The van der Waals surface area contributed by atoms with Gasteiger partial charge in [-0.05, 0) is 6.92 Å². The number of nitrogens with two attached hydrogens (primary N) is 1. The summed E-state index contributed by atoms with van der Waals surface area (Å²) in [4.78, 5) is 23.3. The summed E-state index contributed by atoms with van der Waals surface area (Å²) in [5, 5.41) is 8.45. The normalized spacial score (nSPS) is 11.9. The number of nitrogens with zero attached hydrogens (tertiary/aromatic N) is 1. The van der Waals surface area contributed by atoms with Crippen molar-refractivity contribution in [3.63, 3.8) is 0 Å². The van der Waals surface area contributed by atoms with E-state index in [0.717, 1.165) is 0 Å². The Bertz CT molecular complexity index is 228. The molecule has 5 heteroatoms. The lowest BCUT2D eigenvalue weighted by Gasteiger charge is -2.21. The average Bonchev–Trinajstić information content (AvgIpc) is 2.12. The van der Waals surface area contributed by atoms with Crippen LogP contribution >= 0.6 is 0 Å². The summed E-state index contributed by atoms with van der Waals surface area (Å²) < 4.78 is 0. The zero-order valence-electron chi connectivity index (χ0n) is 8.27. The van der Waals surface area contributed by atoms with Gasteiger partial charge < -0.3 is 15.7 Å². The highest BCUT2D eigenvalue weighted by molar-refractivity contribution is 5.86. The van der Waals surface area contributed by atoms with Crippen molar-refractivity contribution in [3.8, 4) is 0 Å². The quantitative estimate of drug-likeness (QED) is 0.583. The van der Waals surface area contributed by atoms with Crippen LogP contribution < -0.4 is 5.73 Å². The van der Waals surface area contributed by atoms with E-state index < -0.39 is 12.0 Å². The van der Waals surface area contributed by atoms with Gasteiger partial charge in [0.15, 0.2) is 0 Å². The molecule has 0 rings (SSSR count). The number of amides is 1. The lowest BCUT2D eigenvalue weighted by Crippen LogP contribution is -2.44. The Kier molecular flexibility index (Phi) is 5.55. The number of carboxylic acids is 1. The first kappa shape index (κ1) is 12.6. The van der Waals surface area contributed by atoms with Crippen molar-refractivity contribution in [2.45, 2.75) is 19.4 Å². The molecule has 0 saturated heterocycles. The van der Waals surface area contributed by atoms with Gasteiger partial charge in [-0.15, -0.1) is 6.58 Å². The number of carboxylic acid groups (broad SMARTS) is 1. The van der Waals surface area contributed by atoms with E-state index in [1.807, 2.05) is 0 Å². The fraction of sp³-hybridized carbons (Fsp3) is 0.556. The van der Waals surface area contributed by atoms with Gasteiger partial charge in [-0.3, -0.25) is 9.59 Å². The zero-order chi connectivity index (χ0) is 11.1. The van der Waals surface area contributed by atoms with Gasteiger partial charge in [-0.1, -0.05) is 6.08 Å². The molecule has 0 aliphatic heterocycles. The van der Waals surface area contributed by atoms with Gasteiger partial charge in [0, 0.05) is 13.1 Å². The minimum Gasteiger partial charge on any atom is -0.481 e. The van der Waals surface area contributed by atoms with Gasteiger partial charge in [0.25, 0.3) is 0 Å². The van der Waals surface area contributed by atoms with Crippen LogP contribution in [0.5, 0.6) is 0 Å². The van der Waals surface area contributed by atoms with Crippen molar-refractivity contribution in [1.29, 1.82) is 0 Å². The van der Waals surface area contributed by atoms with Gasteiger partial charge in [-0.2, -0.15) is 0 Å². The summed E-state index contributed by atoms with van der Waals surface area (Å²) in [6.07, 6.45) is 1.24. The third-order valence-corrected chi connectivity index (χ3v) is 1.75. The summed E-state index contributed by atoms with van der Waals surface area (Å²) in [7, 11) is 0. The summed E-state index contributed by atoms with van der Waals surface area (Å²) in [6, 6.07) is -0.965. The fourth-order valence-electron chi connectivity index (χ4n) is 1.04. The Labute approximate surface area is 83.2 Å². The fourth-order valence-corrected chi connectivity index (χ4v) is 1.04. The van der Waals surface area contributed by atoms with Crippen LogP contribution in [0.3, 0.4) is 0 Å². The molecule has 0 saturated carbocycles. The SMILES string of the molecule is C=CCN(CC)C(=O)C(N)CC(=O)O. The van der Waals surface area contributed by atoms with Crippen LogP contribution in [0.15, 0.2) is 12.7 Å². The van der Waals surface area contributed by atoms with Crippen molar-refractivity contribution >= 4 is 11.9 Å². The second-order valence-corrected chi connectivity index (χ2v) is 2.87. The van der Waals surface area contributed by atoms with E-state index in [-0.39, 0.29) is 12.3 Å². The Morgan fingerprint density at radius 1 is 1.64 bits per heavy atom. The number of aliphatic carboxylic acids is 1. The molecule has 0 aromatic carbocycles. The molecular formula is C9H16N2O3. The van der Waals surface area contributed by atoms with Crippen molar-refractivity contribution < 1.29 is 14.7 Å². The van der Waals surface area contributed by atoms with Crippen LogP contribution in [0.2, 0.25) is 0 Å². The van der Waals surface area contributed by atoms with E-state index in [1.165, 1.54) is 4.90 Å². The first-order valence-corrected chi connectivity index (χ1v) is 4.40. The second kappa shape index (κ2) is 6.15. The summed E-state index contributed by atoms with van der Waals surface area (Å²) in [6.45, 7) is 6.19. The van der Waals surface area contributed by atoms with Crippen molar-refractivity contribution in [2.24, 2.45) is 5.73 Å². The van der Waals surface area contributed by atoms with Gasteiger partial charge in [0.1, 0.15) is 0 Å². The van der Waals surface area contributed by atoms with Gasteiger partial charge >= 0.3 is 5.97 Å². The molecule has 80 valence electrons. The van der Waals surface area contributed by atoms with Gasteiger partial charge in [-0.25, -0.2) is 0 Å². The predicted molar refractivity (Wildman–Crippen MR) is 52.7 cm³/mol. The highest BCUT2D eigenvalue weighted by Crippen LogP contribution is 1.97. The molecule has 1 amide bonds. The smallest absolute Gasteiger partial charge is 0.305 e. The third-order valence-electron chi connectivity index (χ3n) is 1.75. The number of rotatable bonds is 6. The maximum Gasteiger partial charge on any atom is 0.305 e. The van der Waals surface area contributed by atoms with Gasteiger partial charge in [0.2, 0.25) is 5.91 Å². The molecule has 0 spiro atoms. The molecule has 14 heavy (non-hydrogen) atoms. The molecule has 0 aliphatic rings. The molecule has 1 atom stereocenters. The lowest BCUT2D eigenvalue weighted by molar-refractivity contribution is -0.141. The van der Waals surface area contributed by atoms with Crippen LogP contribution in [0, 0.1) is 0 Å². The lowest BCUT2D eigenvalue weighted by atomic mass is 10.2. The molecule has 3 N–H and O–H groups in total. The topological polar surface area (TPSA) is 83.6 Å². The minimum absolute atomic E-state index is 0.341. The Morgan fingerprint density at radius 2 is 2.21 bits per heavy atom. The third kappa shape index (κ3) is 4.04. The highest BCUT2D eigenvalue weighted by atomic mass is 16.4. The number of hydrogen-bond acceptors (Lipinski definition) is 3. The van der Waals surface area contributed by atoms with Crippen molar-refractivity contribution in [3.05, 3.63) is 12.7 Å². The van der Waals surface area contributed by atoms with E-state index >= 15 is 0 Å². The van der Waals surface area contributed by atoms with E-state index in [2.05, 4.69) is 6.58 Å². The molecule has 0 aromatic rings. The van der Waals surface area contributed by atoms with Crippen LogP contribution in [0.4, 0.5) is 0 Å². The van der Waals surface area contributed by atoms with E-state index in [0.29, 0.717) is 13.1 Å². The summed E-state index contributed by atoms with van der Waals surface area (Å²) >= 11 is 0. The number of carbonyl (C=O) groups is 2. The molecule has 0 aliphatic carbocycles. The molecular weight excluding hydrogens is 184 g/mol. The zero-order valence-corrected chi connectivity index (χ0v) is 8.27. The summed E-state index contributed by atoms with van der Waals surface area (Å²) in [5.74, 6) is -1.42. The second-order valence-electron chi connectivity index (χ2n) is 2.87. The number of likely N-dealkylation sites (N-methyl/N-ethyl adjacent to an activating group) is 1. The molecule has 0 aromatic heterocycles.